The average molecular weight is 588 g/mol. The molecule has 10 heteroatoms. The third-order valence-electron chi connectivity index (χ3n) is 6.77. The van der Waals surface area contributed by atoms with Crippen molar-refractivity contribution in [1.82, 2.24) is 4.90 Å². The first-order chi connectivity index (χ1) is 20.0. The Morgan fingerprint density at radius 2 is 1.64 bits per heavy atom. The number of carbonyl (C=O) groups is 4. The molecule has 3 aromatic carbocycles. The van der Waals surface area contributed by atoms with Gasteiger partial charge in [-0.3, -0.25) is 24.1 Å². The van der Waals surface area contributed by atoms with E-state index in [4.69, 9.17) is 9.47 Å². The number of nitrogens with one attached hydrogen (secondary N) is 2. The molecule has 218 valence electrons. The standard InChI is InChI=1S/C32H33N3O6S/c1-6-40-27-15-23(11-13-26(27)41-18-30(37)33-24-12-10-19(2)21(4)14-24)16-28-31(38)35(32(39)42-28)17-29(36)34-25-9-7-8-20(3)22(25)5/h7-16H,6,17-18H2,1-5H3,(H,33,37)(H,34,36)/b28-16+. The van der Waals surface area contributed by atoms with E-state index in [1.54, 1.807) is 30.3 Å². The summed E-state index contributed by atoms with van der Waals surface area (Å²) in [5, 5.41) is 5.07. The first kappa shape index (κ1) is 30.4. The van der Waals surface area contributed by atoms with E-state index in [0.29, 0.717) is 35.0 Å². The second kappa shape index (κ2) is 13.4. The summed E-state index contributed by atoms with van der Waals surface area (Å²) >= 11 is 0.764. The second-order valence-electron chi connectivity index (χ2n) is 9.84. The summed E-state index contributed by atoms with van der Waals surface area (Å²) in [6.07, 6.45) is 1.56. The molecule has 0 spiro atoms. The SMILES string of the molecule is CCOc1cc(/C=C2/SC(=O)N(CC(=O)Nc3cccc(C)c3C)C2=O)ccc1OCC(=O)Nc1ccc(C)c(C)c1. The van der Waals surface area contributed by atoms with Crippen molar-refractivity contribution in [2.45, 2.75) is 34.6 Å². The molecule has 0 unspecified atom stereocenters. The molecule has 0 saturated carbocycles. The van der Waals surface area contributed by atoms with Crippen molar-refractivity contribution in [2.75, 3.05) is 30.4 Å². The first-order valence-electron chi connectivity index (χ1n) is 13.4. The number of thioether (sulfide) groups is 1. The van der Waals surface area contributed by atoms with Crippen LogP contribution in [0.25, 0.3) is 6.08 Å². The fourth-order valence-electron chi connectivity index (χ4n) is 4.17. The van der Waals surface area contributed by atoms with Crippen LogP contribution in [-0.4, -0.2) is 47.6 Å². The monoisotopic (exact) mass is 587 g/mol. The summed E-state index contributed by atoms with van der Waals surface area (Å²) in [4.78, 5) is 51.8. The highest BCUT2D eigenvalue weighted by Gasteiger charge is 2.36. The van der Waals surface area contributed by atoms with E-state index in [1.807, 2.05) is 65.0 Å². The highest BCUT2D eigenvalue weighted by atomic mass is 32.2. The van der Waals surface area contributed by atoms with Crippen molar-refractivity contribution in [3.63, 3.8) is 0 Å². The summed E-state index contributed by atoms with van der Waals surface area (Å²) in [5.74, 6) is -0.589. The maximum Gasteiger partial charge on any atom is 0.294 e. The molecule has 3 aromatic rings. The van der Waals surface area contributed by atoms with Crippen LogP contribution in [0.5, 0.6) is 11.5 Å². The molecule has 1 aliphatic heterocycles. The summed E-state index contributed by atoms with van der Waals surface area (Å²) in [6.45, 7) is 9.35. The number of anilines is 2. The number of hydrogen-bond donors (Lipinski definition) is 2. The van der Waals surface area contributed by atoms with Gasteiger partial charge in [0.05, 0.1) is 11.5 Å². The van der Waals surface area contributed by atoms with Crippen molar-refractivity contribution in [2.24, 2.45) is 0 Å². The Bertz CT molecular complexity index is 1580. The lowest BCUT2D eigenvalue weighted by Gasteiger charge is -2.14. The third-order valence-corrected chi connectivity index (χ3v) is 7.68. The van der Waals surface area contributed by atoms with Crippen LogP contribution in [0.15, 0.2) is 59.5 Å². The summed E-state index contributed by atoms with van der Waals surface area (Å²) < 4.78 is 11.4. The van der Waals surface area contributed by atoms with Gasteiger partial charge in [0.25, 0.3) is 17.1 Å². The number of hydrogen-bond acceptors (Lipinski definition) is 7. The van der Waals surface area contributed by atoms with E-state index in [9.17, 15) is 19.2 Å². The van der Waals surface area contributed by atoms with E-state index in [0.717, 1.165) is 38.9 Å². The van der Waals surface area contributed by atoms with Gasteiger partial charge >= 0.3 is 0 Å². The Morgan fingerprint density at radius 3 is 2.38 bits per heavy atom. The maximum atomic E-state index is 13.0. The van der Waals surface area contributed by atoms with Crippen LogP contribution in [0.3, 0.4) is 0 Å². The summed E-state index contributed by atoms with van der Waals surface area (Å²) in [5.41, 5.74) is 6.05. The Morgan fingerprint density at radius 1 is 0.857 bits per heavy atom. The number of aryl methyl sites for hydroxylation is 3. The normalized spacial score (nSPS) is 13.8. The molecule has 2 N–H and O–H groups in total. The molecule has 9 nitrogen and oxygen atoms in total. The molecule has 0 atom stereocenters. The average Bonchev–Trinajstić information content (AvgIpc) is 3.20. The van der Waals surface area contributed by atoms with E-state index in [1.165, 1.54) is 0 Å². The van der Waals surface area contributed by atoms with Gasteiger partial charge in [0, 0.05) is 11.4 Å². The van der Waals surface area contributed by atoms with Crippen molar-refractivity contribution < 1.29 is 28.7 Å². The largest absolute Gasteiger partial charge is 0.490 e. The van der Waals surface area contributed by atoms with E-state index in [-0.39, 0.29) is 17.4 Å². The Kier molecular flexibility index (Phi) is 9.69. The molecular weight excluding hydrogens is 554 g/mol. The van der Waals surface area contributed by atoms with Crippen LogP contribution >= 0.6 is 11.8 Å². The predicted molar refractivity (Wildman–Crippen MR) is 165 cm³/mol. The molecule has 1 saturated heterocycles. The molecule has 1 fully saturated rings. The minimum absolute atomic E-state index is 0.184. The fraction of sp³-hybridized carbons (Fsp3) is 0.250. The number of ether oxygens (including phenoxy) is 2. The van der Waals surface area contributed by atoms with Gasteiger partial charge < -0.3 is 20.1 Å². The predicted octanol–water partition coefficient (Wildman–Crippen LogP) is 6.01. The Balaban J connectivity index is 1.41. The van der Waals surface area contributed by atoms with Crippen molar-refractivity contribution in [3.8, 4) is 11.5 Å². The van der Waals surface area contributed by atoms with Crippen molar-refractivity contribution in [3.05, 3.63) is 87.3 Å². The topological polar surface area (TPSA) is 114 Å². The minimum atomic E-state index is -0.553. The minimum Gasteiger partial charge on any atom is -0.490 e. The number of amides is 4. The molecular formula is C32H33N3O6S. The van der Waals surface area contributed by atoms with E-state index in [2.05, 4.69) is 10.6 Å². The first-order valence-corrected chi connectivity index (χ1v) is 14.3. The van der Waals surface area contributed by atoms with E-state index < -0.39 is 23.6 Å². The molecule has 42 heavy (non-hydrogen) atoms. The van der Waals surface area contributed by atoms with Gasteiger partial charge in [-0.25, -0.2) is 0 Å². The molecule has 1 aliphatic rings. The van der Waals surface area contributed by atoms with Crippen LogP contribution in [0.1, 0.15) is 34.7 Å². The summed E-state index contributed by atoms with van der Waals surface area (Å²) in [7, 11) is 0. The van der Waals surface area contributed by atoms with Crippen LogP contribution in [0, 0.1) is 27.7 Å². The molecule has 0 aromatic heterocycles. The van der Waals surface area contributed by atoms with Gasteiger partial charge in [-0.15, -0.1) is 0 Å². The molecule has 1 heterocycles. The lowest BCUT2D eigenvalue weighted by Crippen LogP contribution is -2.36. The molecule has 4 amide bonds. The molecule has 0 bridgehead atoms. The number of carbonyl (C=O) groups excluding carboxylic acids is 4. The lowest BCUT2D eigenvalue weighted by molar-refractivity contribution is -0.127. The smallest absolute Gasteiger partial charge is 0.294 e. The number of rotatable bonds is 10. The highest BCUT2D eigenvalue weighted by molar-refractivity contribution is 8.18. The maximum absolute atomic E-state index is 13.0. The van der Waals surface area contributed by atoms with Gasteiger partial charge in [-0.2, -0.15) is 0 Å². The number of imide groups is 1. The number of benzene rings is 3. The van der Waals surface area contributed by atoms with Gasteiger partial charge in [0.2, 0.25) is 5.91 Å². The zero-order valence-corrected chi connectivity index (χ0v) is 25.0. The van der Waals surface area contributed by atoms with Crippen LogP contribution in [0.2, 0.25) is 0 Å². The third kappa shape index (κ3) is 7.38. The summed E-state index contributed by atoms with van der Waals surface area (Å²) in [6, 6.07) is 16.2. The Hall–Kier alpha value is -4.57. The Labute approximate surface area is 249 Å². The zero-order valence-electron chi connectivity index (χ0n) is 24.2. The van der Waals surface area contributed by atoms with Gasteiger partial charge in [0.1, 0.15) is 6.54 Å². The van der Waals surface area contributed by atoms with Crippen molar-refractivity contribution >= 4 is 52.2 Å². The molecule has 0 aliphatic carbocycles. The van der Waals surface area contributed by atoms with Crippen molar-refractivity contribution in [1.29, 1.82) is 0 Å². The molecule has 4 rings (SSSR count). The van der Waals surface area contributed by atoms with Crippen LogP contribution in [0.4, 0.5) is 16.2 Å². The van der Waals surface area contributed by atoms with Crippen LogP contribution in [-0.2, 0) is 14.4 Å². The highest BCUT2D eigenvalue weighted by Crippen LogP contribution is 2.35. The van der Waals surface area contributed by atoms with E-state index >= 15 is 0 Å². The zero-order chi connectivity index (χ0) is 30.4. The fourth-order valence-corrected chi connectivity index (χ4v) is 5.01. The van der Waals surface area contributed by atoms with Gasteiger partial charge in [-0.1, -0.05) is 24.3 Å². The number of nitrogens with zero attached hydrogens (tertiary/aromatic N) is 1. The van der Waals surface area contributed by atoms with Gasteiger partial charge in [0.15, 0.2) is 18.1 Å². The lowest BCUT2D eigenvalue weighted by atomic mass is 10.1. The van der Waals surface area contributed by atoms with Crippen LogP contribution < -0.4 is 20.1 Å². The van der Waals surface area contributed by atoms with Gasteiger partial charge in [-0.05, 0) is 111 Å². The quantitative estimate of drug-likeness (QED) is 0.279. The second-order valence-corrected chi connectivity index (χ2v) is 10.8. The molecule has 0 radical (unpaired) electrons.